The average molecular weight is 344 g/mol. The minimum Gasteiger partial charge on any atom is -0.339 e. The molecule has 1 N–H and O–H groups in total. The Labute approximate surface area is 145 Å². The zero-order valence-electron chi connectivity index (χ0n) is 13.2. The summed E-state index contributed by atoms with van der Waals surface area (Å²) in [5.41, 5.74) is 1.40. The van der Waals surface area contributed by atoms with Crippen LogP contribution in [0.2, 0.25) is 5.15 Å². The minimum atomic E-state index is -0.321. The summed E-state index contributed by atoms with van der Waals surface area (Å²) in [6.07, 6.45) is 4.62. The number of carbonyl (C=O) groups is 2. The van der Waals surface area contributed by atoms with E-state index in [0.29, 0.717) is 22.0 Å². The summed E-state index contributed by atoms with van der Waals surface area (Å²) in [5, 5.41) is 3.12. The van der Waals surface area contributed by atoms with Crippen LogP contribution in [0.5, 0.6) is 0 Å². The lowest BCUT2D eigenvalue weighted by molar-refractivity contribution is 0.0725. The van der Waals surface area contributed by atoms with Crippen molar-refractivity contribution >= 4 is 29.1 Å². The predicted octanol–water partition coefficient (Wildman–Crippen LogP) is 3.61. The molecule has 2 amide bonds. The first-order valence-corrected chi connectivity index (χ1v) is 8.34. The average Bonchev–Trinajstić information content (AvgIpc) is 2.63. The standard InChI is InChI=1S/C18H18ClN3O2/c19-16-9-8-13(12-20-16)17(23)21-15-7-3-2-6-14(15)18(24)22-10-4-1-5-11-22/h2-3,6-9,12H,1,4-5,10-11H2,(H,21,23). The number of benzene rings is 1. The Morgan fingerprint density at radius 2 is 1.79 bits per heavy atom. The van der Waals surface area contributed by atoms with Gasteiger partial charge in [-0.15, -0.1) is 0 Å². The van der Waals surface area contributed by atoms with E-state index in [9.17, 15) is 9.59 Å². The highest BCUT2D eigenvalue weighted by molar-refractivity contribution is 6.29. The molecular weight excluding hydrogens is 326 g/mol. The molecule has 1 aromatic carbocycles. The summed E-state index contributed by atoms with van der Waals surface area (Å²) < 4.78 is 0. The number of amides is 2. The lowest BCUT2D eigenvalue weighted by Gasteiger charge is -2.27. The molecule has 1 fully saturated rings. The summed E-state index contributed by atoms with van der Waals surface area (Å²) in [5.74, 6) is -0.363. The topological polar surface area (TPSA) is 62.3 Å². The molecule has 124 valence electrons. The number of halogens is 1. The molecule has 1 aliphatic rings. The van der Waals surface area contributed by atoms with Crippen LogP contribution in [0.25, 0.3) is 0 Å². The Hall–Kier alpha value is -2.40. The summed E-state index contributed by atoms with van der Waals surface area (Å²) in [6, 6.07) is 10.2. The molecule has 5 nitrogen and oxygen atoms in total. The quantitative estimate of drug-likeness (QED) is 0.866. The van der Waals surface area contributed by atoms with Crippen LogP contribution in [0.1, 0.15) is 40.0 Å². The lowest BCUT2D eigenvalue weighted by Crippen LogP contribution is -2.36. The highest BCUT2D eigenvalue weighted by Gasteiger charge is 2.21. The largest absolute Gasteiger partial charge is 0.339 e. The van der Waals surface area contributed by atoms with Gasteiger partial charge >= 0.3 is 0 Å². The number of anilines is 1. The van der Waals surface area contributed by atoms with Crippen molar-refractivity contribution in [2.75, 3.05) is 18.4 Å². The number of piperidine rings is 1. The minimum absolute atomic E-state index is 0.0418. The van der Waals surface area contributed by atoms with Crippen LogP contribution < -0.4 is 5.32 Å². The van der Waals surface area contributed by atoms with E-state index in [1.54, 1.807) is 36.4 Å². The van der Waals surface area contributed by atoms with Crippen LogP contribution in [-0.4, -0.2) is 34.8 Å². The molecule has 0 aliphatic carbocycles. The normalized spacial score (nSPS) is 14.3. The summed E-state index contributed by atoms with van der Waals surface area (Å²) in [7, 11) is 0. The van der Waals surface area contributed by atoms with Gasteiger partial charge in [-0.05, 0) is 43.5 Å². The van der Waals surface area contributed by atoms with Crippen LogP contribution in [0.15, 0.2) is 42.6 Å². The van der Waals surface area contributed by atoms with Gasteiger partial charge in [-0.3, -0.25) is 9.59 Å². The number of para-hydroxylation sites is 1. The van der Waals surface area contributed by atoms with E-state index in [0.717, 1.165) is 32.4 Å². The Bertz CT molecular complexity index is 740. The van der Waals surface area contributed by atoms with Gasteiger partial charge in [0.05, 0.1) is 16.8 Å². The summed E-state index contributed by atoms with van der Waals surface area (Å²) in [6.45, 7) is 1.53. The molecule has 24 heavy (non-hydrogen) atoms. The molecule has 1 aliphatic heterocycles. The van der Waals surface area contributed by atoms with Crippen molar-refractivity contribution in [3.63, 3.8) is 0 Å². The third-order valence-corrected chi connectivity index (χ3v) is 4.26. The molecule has 0 atom stereocenters. The molecule has 0 unspecified atom stereocenters. The second kappa shape index (κ2) is 7.45. The first-order valence-electron chi connectivity index (χ1n) is 7.96. The van der Waals surface area contributed by atoms with Gasteiger partial charge in [0.15, 0.2) is 0 Å². The maximum Gasteiger partial charge on any atom is 0.257 e. The van der Waals surface area contributed by atoms with Crippen molar-refractivity contribution in [1.29, 1.82) is 0 Å². The van der Waals surface area contributed by atoms with Crippen LogP contribution in [0.3, 0.4) is 0 Å². The summed E-state index contributed by atoms with van der Waals surface area (Å²) >= 11 is 5.74. The number of hydrogen-bond donors (Lipinski definition) is 1. The number of carbonyl (C=O) groups excluding carboxylic acids is 2. The van der Waals surface area contributed by atoms with Crippen molar-refractivity contribution in [2.24, 2.45) is 0 Å². The maximum absolute atomic E-state index is 12.7. The van der Waals surface area contributed by atoms with E-state index < -0.39 is 0 Å². The first-order chi connectivity index (χ1) is 11.6. The monoisotopic (exact) mass is 343 g/mol. The summed E-state index contributed by atoms with van der Waals surface area (Å²) in [4.78, 5) is 30.8. The van der Waals surface area contributed by atoms with Crippen molar-refractivity contribution in [2.45, 2.75) is 19.3 Å². The first kappa shape index (κ1) is 16.5. The predicted molar refractivity (Wildman–Crippen MR) is 93.4 cm³/mol. The number of nitrogens with zero attached hydrogens (tertiary/aromatic N) is 2. The van der Waals surface area contributed by atoms with Gasteiger partial charge in [-0.2, -0.15) is 0 Å². The Morgan fingerprint density at radius 3 is 2.50 bits per heavy atom. The zero-order chi connectivity index (χ0) is 16.9. The molecule has 0 spiro atoms. The molecule has 6 heteroatoms. The van der Waals surface area contributed by atoms with Gasteiger partial charge in [0.2, 0.25) is 0 Å². The molecular formula is C18H18ClN3O2. The number of nitrogens with one attached hydrogen (secondary N) is 1. The molecule has 2 aromatic rings. The lowest BCUT2D eigenvalue weighted by atomic mass is 10.1. The molecule has 1 saturated heterocycles. The number of rotatable bonds is 3. The number of hydrogen-bond acceptors (Lipinski definition) is 3. The van der Waals surface area contributed by atoms with Crippen LogP contribution in [-0.2, 0) is 0 Å². The fourth-order valence-electron chi connectivity index (χ4n) is 2.75. The van der Waals surface area contributed by atoms with Gasteiger partial charge in [0, 0.05) is 19.3 Å². The fraction of sp³-hybridized carbons (Fsp3) is 0.278. The van der Waals surface area contributed by atoms with E-state index >= 15 is 0 Å². The number of pyridine rings is 1. The van der Waals surface area contributed by atoms with Gasteiger partial charge in [0.25, 0.3) is 11.8 Å². The van der Waals surface area contributed by atoms with E-state index in [1.165, 1.54) is 6.20 Å². The second-order valence-electron chi connectivity index (χ2n) is 5.72. The molecule has 2 heterocycles. The molecule has 0 radical (unpaired) electrons. The maximum atomic E-state index is 12.7. The van der Waals surface area contributed by atoms with Crippen molar-refractivity contribution in [3.05, 3.63) is 58.9 Å². The number of likely N-dealkylation sites (tertiary alicyclic amines) is 1. The van der Waals surface area contributed by atoms with Crippen LogP contribution >= 0.6 is 11.6 Å². The van der Waals surface area contributed by atoms with Gasteiger partial charge in [-0.25, -0.2) is 4.98 Å². The second-order valence-corrected chi connectivity index (χ2v) is 6.11. The Kier molecular flexibility index (Phi) is 5.11. The van der Waals surface area contributed by atoms with Gasteiger partial charge in [0.1, 0.15) is 5.15 Å². The third kappa shape index (κ3) is 3.74. The Morgan fingerprint density at radius 1 is 1.04 bits per heavy atom. The van der Waals surface area contributed by atoms with Gasteiger partial charge in [-0.1, -0.05) is 23.7 Å². The highest BCUT2D eigenvalue weighted by atomic mass is 35.5. The van der Waals surface area contributed by atoms with Crippen LogP contribution in [0, 0.1) is 0 Å². The third-order valence-electron chi connectivity index (χ3n) is 4.04. The SMILES string of the molecule is O=C(Nc1ccccc1C(=O)N1CCCCC1)c1ccc(Cl)nc1. The Balaban J connectivity index is 1.79. The number of aromatic nitrogens is 1. The highest BCUT2D eigenvalue weighted by Crippen LogP contribution is 2.20. The van der Waals surface area contributed by atoms with Crippen molar-refractivity contribution < 1.29 is 9.59 Å². The smallest absolute Gasteiger partial charge is 0.257 e. The molecule has 3 rings (SSSR count). The van der Waals surface area contributed by atoms with Gasteiger partial charge < -0.3 is 10.2 Å². The fourth-order valence-corrected chi connectivity index (χ4v) is 2.86. The molecule has 0 bridgehead atoms. The van der Waals surface area contributed by atoms with Crippen molar-refractivity contribution in [1.82, 2.24) is 9.88 Å². The van der Waals surface area contributed by atoms with Crippen molar-refractivity contribution in [3.8, 4) is 0 Å². The molecule has 0 saturated carbocycles. The van der Waals surface area contributed by atoms with E-state index in [-0.39, 0.29) is 11.8 Å². The van der Waals surface area contributed by atoms with E-state index in [2.05, 4.69) is 10.3 Å². The zero-order valence-corrected chi connectivity index (χ0v) is 13.9. The van der Waals surface area contributed by atoms with Crippen LogP contribution in [0.4, 0.5) is 5.69 Å². The van der Waals surface area contributed by atoms with E-state index in [4.69, 9.17) is 11.6 Å². The van der Waals surface area contributed by atoms with E-state index in [1.807, 2.05) is 4.90 Å². The molecule has 1 aromatic heterocycles.